The van der Waals surface area contributed by atoms with Crippen LogP contribution >= 0.6 is 0 Å². The zero-order valence-corrected chi connectivity index (χ0v) is 11.3. The normalized spacial score (nSPS) is 28.5. The molecule has 1 saturated carbocycles. The highest BCUT2D eigenvalue weighted by Crippen LogP contribution is 2.41. The topological polar surface area (TPSA) is 53.5 Å². The highest BCUT2D eigenvalue weighted by Gasteiger charge is 2.48. The standard InChI is InChI=1S/C13H23N3O/c1-9(2)14-11-15-10(17)13(16-11)7-5-12(3,4)6-8-13/h9H,5-8H2,1-4H3,(H2,14,15,16,17). The van der Waals surface area contributed by atoms with Gasteiger partial charge in [-0.3, -0.25) is 15.1 Å². The van der Waals surface area contributed by atoms with Crippen LogP contribution in [0.5, 0.6) is 0 Å². The van der Waals surface area contributed by atoms with Gasteiger partial charge in [0.2, 0.25) is 0 Å². The number of carbonyl (C=O) groups excluding carboxylic acids is 1. The lowest BCUT2D eigenvalue weighted by atomic mass is 9.69. The van der Waals surface area contributed by atoms with E-state index in [0.29, 0.717) is 11.4 Å². The molecule has 2 fully saturated rings. The second kappa shape index (κ2) is 4.00. The van der Waals surface area contributed by atoms with Crippen molar-refractivity contribution in [1.29, 1.82) is 0 Å². The quantitative estimate of drug-likeness (QED) is 0.731. The Morgan fingerprint density at radius 3 is 2.29 bits per heavy atom. The Balaban J connectivity index is 2.11. The van der Waals surface area contributed by atoms with Gasteiger partial charge in [-0.2, -0.15) is 0 Å². The molecule has 1 amide bonds. The van der Waals surface area contributed by atoms with Crippen molar-refractivity contribution < 1.29 is 4.79 Å². The third-order valence-electron chi connectivity index (χ3n) is 3.87. The van der Waals surface area contributed by atoms with Crippen LogP contribution in [-0.2, 0) is 4.79 Å². The van der Waals surface area contributed by atoms with E-state index in [4.69, 9.17) is 0 Å². The van der Waals surface area contributed by atoms with Crippen molar-refractivity contribution in [3.63, 3.8) is 0 Å². The van der Waals surface area contributed by atoms with E-state index in [-0.39, 0.29) is 17.5 Å². The van der Waals surface area contributed by atoms with Gasteiger partial charge in [0, 0.05) is 6.04 Å². The molecule has 0 unspecified atom stereocenters. The molecule has 17 heavy (non-hydrogen) atoms. The summed E-state index contributed by atoms with van der Waals surface area (Å²) in [5, 5.41) is 6.19. The summed E-state index contributed by atoms with van der Waals surface area (Å²) in [6.45, 7) is 8.57. The van der Waals surface area contributed by atoms with Crippen molar-refractivity contribution in [2.45, 2.75) is 65.0 Å². The number of carbonyl (C=O) groups is 1. The van der Waals surface area contributed by atoms with Crippen LogP contribution in [0.15, 0.2) is 4.99 Å². The largest absolute Gasteiger partial charge is 0.342 e. The molecule has 2 aliphatic rings. The molecule has 1 aliphatic carbocycles. The van der Waals surface area contributed by atoms with E-state index in [9.17, 15) is 4.79 Å². The van der Waals surface area contributed by atoms with Crippen LogP contribution in [0, 0.1) is 5.41 Å². The van der Waals surface area contributed by atoms with Gasteiger partial charge >= 0.3 is 0 Å². The van der Waals surface area contributed by atoms with E-state index in [1.807, 2.05) is 13.8 Å². The molecule has 0 aromatic carbocycles. The van der Waals surface area contributed by atoms with Crippen molar-refractivity contribution in [3.05, 3.63) is 0 Å². The molecule has 4 nitrogen and oxygen atoms in total. The van der Waals surface area contributed by atoms with Crippen LogP contribution in [0.1, 0.15) is 53.4 Å². The summed E-state index contributed by atoms with van der Waals surface area (Å²) in [6.07, 6.45) is 3.98. The van der Waals surface area contributed by atoms with Crippen molar-refractivity contribution in [2.75, 3.05) is 0 Å². The Labute approximate surface area is 103 Å². The Kier molecular flexibility index (Phi) is 2.92. The fourth-order valence-electron chi connectivity index (χ4n) is 2.57. The average Bonchev–Trinajstić information content (AvgIpc) is 2.48. The van der Waals surface area contributed by atoms with Gasteiger partial charge in [0.1, 0.15) is 5.54 Å². The molecule has 0 aromatic heterocycles. The molecule has 1 saturated heterocycles. The van der Waals surface area contributed by atoms with Crippen LogP contribution in [0.25, 0.3) is 0 Å². The summed E-state index contributed by atoms with van der Waals surface area (Å²) in [4.78, 5) is 16.5. The number of hydrogen-bond donors (Lipinski definition) is 2. The van der Waals surface area contributed by atoms with E-state index in [1.165, 1.54) is 0 Å². The van der Waals surface area contributed by atoms with Gasteiger partial charge in [-0.05, 0) is 44.9 Å². The third kappa shape index (κ3) is 2.45. The number of nitrogens with zero attached hydrogens (tertiary/aromatic N) is 1. The molecule has 2 rings (SSSR count). The fourth-order valence-corrected chi connectivity index (χ4v) is 2.57. The lowest BCUT2D eigenvalue weighted by Crippen LogP contribution is -2.50. The van der Waals surface area contributed by atoms with E-state index >= 15 is 0 Å². The molecule has 96 valence electrons. The molecule has 0 aromatic rings. The number of nitrogens with one attached hydrogen (secondary N) is 2. The number of guanidine groups is 1. The smallest absolute Gasteiger partial charge is 0.252 e. The van der Waals surface area contributed by atoms with Crippen LogP contribution in [-0.4, -0.2) is 23.4 Å². The molecule has 1 aliphatic heterocycles. The maximum atomic E-state index is 12.1. The van der Waals surface area contributed by atoms with Crippen molar-refractivity contribution >= 4 is 11.9 Å². The molecule has 1 heterocycles. The minimum atomic E-state index is -0.386. The molecule has 2 N–H and O–H groups in total. The zero-order chi connectivity index (χ0) is 12.7. The van der Waals surface area contributed by atoms with Crippen molar-refractivity contribution in [3.8, 4) is 0 Å². The number of aliphatic imine (C=N–C) groups is 1. The lowest BCUT2D eigenvalue weighted by molar-refractivity contribution is -0.125. The van der Waals surface area contributed by atoms with Crippen LogP contribution in [0.4, 0.5) is 0 Å². The molecular weight excluding hydrogens is 214 g/mol. The first-order valence-electron chi connectivity index (χ1n) is 6.50. The molecule has 0 bridgehead atoms. The van der Waals surface area contributed by atoms with Crippen molar-refractivity contribution in [2.24, 2.45) is 10.4 Å². The Bertz CT molecular complexity index is 348. The van der Waals surface area contributed by atoms with E-state index in [0.717, 1.165) is 25.7 Å². The van der Waals surface area contributed by atoms with Gasteiger partial charge in [-0.15, -0.1) is 0 Å². The molecule has 0 atom stereocenters. The second-order valence-electron chi connectivity index (χ2n) is 6.40. The van der Waals surface area contributed by atoms with Gasteiger partial charge in [0.05, 0.1) is 0 Å². The summed E-state index contributed by atoms with van der Waals surface area (Å²) < 4.78 is 0. The summed E-state index contributed by atoms with van der Waals surface area (Å²) in [7, 11) is 0. The first-order valence-corrected chi connectivity index (χ1v) is 6.50. The lowest BCUT2D eigenvalue weighted by Gasteiger charge is -2.39. The average molecular weight is 237 g/mol. The third-order valence-corrected chi connectivity index (χ3v) is 3.87. The SMILES string of the molecule is CC(C)N=C1NC(=O)C2(CCC(C)(C)CC2)N1. The Morgan fingerprint density at radius 1 is 1.18 bits per heavy atom. The number of amides is 1. The predicted molar refractivity (Wildman–Crippen MR) is 68.8 cm³/mol. The minimum Gasteiger partial charge on any atom is -0.342 e. The molecule has 1 spiro atoms. The summed E-state index contributed by atoms with van der Waals surface area (Å²) >= 11 is 0. The first kappa shape index (κ1) is 12.4. The van der Waals surface area contributed by atoms with Crippen molar-refractivity contribution in [1.82, 2.24) is 10.6 Å². The summed E-state index contributed by atoms with van der Waals surface area (Å²) in [5.74, 6) is 0.761. The summed E-state index contributed by atoms with van der Waals surface area (Å²) in [6, 6.07) is 0.202. The minimum absolute atomic E-state index is 0.104. The van der Waals surface area contributed by atoms with Crippen LogP contribution < -0.4 is 10.6 Å². The highest BCUT2D eigenvalue weighted by molar-refractivity contribution is 6.09. The molecule has 4 heteroatoms. The van der Waals surface area contributed by atoms with Crippen LogP contribution in [0.2, 0.25) is 0 Å². The van der Waals surface area contributed by atoms with E-state index in [2.05, 4.69) is 29.5 Å². The van der Waals surface area contributed by atoms with Gasteiger partial charge in [0.25, 0.3) is 5.91 Å². The summed E-state index contributed by atoms with van der Waals surface area (Å²) in [5.41, 5.74) is -0.0194. The van der Waals surface area contributed by atoms with E-state index in [1.54, 1.807) is 0 Å². The Morgan fingerprint density at radius 2 is 1.76 bits per heavy atom. The maximum absolute atomic E-state index is 12.1. The highest BCUT2D eigenvalue weighted by atomic mass is 16.2. The first-order chi connectivity index (χ1) is 7.83. The van der Waals surface area contributed by atoms with E-state index < -0.39 is 0 Å². The Hall–Kier alpha value is -1.06. The predicted octanol–water partition coefficient (Wildman–Crippen LogP) is 1.81. The zero-order valence-electron chi connectivity index (χ0n) is 11.3. The van der Waals surface area contributed by atoms with Gasteiger partial charge < -0.3 is 5.32 Å². The van der Waals surface area contributed by atoms with Gasteiger partial charge in [-0.25, -0.2) is 0 Å². The monoisotopic (exact) mass is 237 g/mol. The van der Waals surface area contributed by atoms with Crippen LogP contribution in [0.3, 0.4) is 0 Å². The maximum Gasteiger partial charge on any atom is 0.252 e. The second-order valence-corrected chi connectivity index (χ2v) is 6.40. The number of rotatable bonds is 1. The molecule has 0 radical (unpaired) electrons. The fraction of sp³-hybridized carbons (Fsp3) is 0.846. The number of hydrogen-bond acceptors (Lipinski definition) is 2. The molecular formula is C13H23N3O. The van der Waals surface area contributed by atoms with Gasteiger partial charge in [-0.1, -0.05) is 13.8 Å². The van der Waals surface area contributed by atoms with Gasteiger partial charge in [0.15, 0.2) is 5.96 Å².